The Labute approximate surface area is 210 Å². The van der Waals surface area contributed by atoms with Crippen LogP contribution in [-0.4, -0.2) is 40.6 Å². The number of likely N-dealkylation sites (tertiary alicyclic amines) is 1. The summed E-state index contributed by atoms with van der Waals surface area (Å²) in [5.41, 5.74) is -1.65. The second kappa shape index (κ2) is 9.11. The van der Waals surface area contributed by atoms with Gasteiger partial charge in [0.1, 0.15) is 23.5 Å². The molecule has 1 saturated carbocycles. The van der Waals surface area contributed by atoms with Crippen LogP contribution in [0.15, 0.2) is 30.3 Å². The molecule has 11 heteroatoms. The van der Waals surface area contributed by atoms with Crippen LogP contribution in [0.5, 0.6) is 0 Å². The van der Waals surface area contributed by atoms with Crippen LogP contribution < -0.4 is 5.32 Å². The molecule has 35 heavy (non-hydrogen) atoms. The van der Waals surface area contributed by atoms with Gasteiger partial charge in [-0.05, 0) is 37.0 Å². The van der Waals surface area contributed by atoms with Gasteiger partial charge in [0.25, 0.3) is 5.91 Å². The highest BCUT2D eigenvalue weighted by Crippen LogP contribution is 2.59. The molecule has 1 N–H and O–H groups in total. The van der Waals surface area contributed by atoms with Gasteiger partial charge in [0.15, 0.2) is 0 Å². The SMILES string of the molecule is C.O=CC[C@H]1[C@@H]([N+](=O)[O-])[C@H](c2cccc(Cl)c2F)[C@]2(C(=O)Nc3cc(Cl)c(F)cc32)N1CC1CC1. The molecule has 1 amide bonds. The highest BCUT2D eigenvalue weighted by atomic mass is 35.5. The van der Waals surface area contributed by atoms with Crippen LogP contribution in [0, 0.1) is 27.7 Å². The first-order chi connectivity index (χ1) is 16.2. The van der Waals surface area contributed by atoms with Gasteiger partial charge in [-0.3, -0.25) is 19.8 Å². The highest BCUT2D eigenvalue weighted by molar-refractivity contribution is 6.31. The number of carbonyl (C=O) groups excluding carboxylic acids is 2. The Morgan fingerprint density at radius 3 is 2.57 bits per heavy atom. The average Bonchev–Trinajstić information content (AvgIpc) is 3.50. The van der Waals surface area contributed by atoms with Crippen LogP contribution in [0.4, 0.5) is 14.5 Å². The van der Waals surface area contributed by atoms with E-state index in [-0.39, 0.29) is 53.2 Å². The molecule has 2 aliphatic heterocycles. The van der Waals surface area contributed by atoms with Crippen LogP contribution >= 0.6 is 23.2 Å². The molecule has 3 aliphatic rings. The van der Waals surface area contributed by atoms with Gasteiger partial charge in [0, 0.05) is 34.7 Å². The van der Waals surface area contributed by atoms with Gasteiger partial charge in [-0.2, -0.15) is 0 Å². The van der Waals surface area contributed by atoms with Crippen molar-refractivity contribution in [2.45, 2.75) is 50.2 Å². The lowest BCUT2D eigenvalue weighted by atomic mass is 9.73. The van der Waals surface area contributed by atoms with E-state index in [0.29, 0.717) is 6.29 Å². The minimum atomic E-state index is -1.83. The zero-order valence-corrected chi connectivity index (χ0v) is 19.2. The number of hydrogen-bond acceptors (Lipinski definition) is 5. The van der Waals surface area contributed by atoms with Crippen molar-refractivity contribution in [3.05, 3.63) is 73.3 Å². The van der Waals surface area contributed by atoms with Gasteiger partial charge in [0.2, 0.25) is 6.04 Å². The number of hydrogen-bond donors (Lipinski definition) is 1. The maximum Gasteiger partial charge on any atom is 0.250 e. The van der Waals surface area contributed by atoms with E-state index >= 15 is 4.39 Å². The maximum absolute atomic E-state index is 15.4. The topological polar surface area (TPSA) is 92.5 Å². The van der Waals surface area contributed by atoms with E-state index in [4.69, 9.17) is 23.2 Å². The summed E-state index contributed by atoms with van der Waals surface area (Å²) in [6.07, 6.45) is 2.01. The Morgan fingerprint density at radius 1 is 1.23 bits per heavy atom. The van der Waals surface area contributed by atoms with E-state index in [0.717, 1.165) is 18.9 Å². The highest BCUT2D eigenvalue weighted by Gasteiger charge is 2.71. The van der Waals surface area contributed by atoms with Crippen molar-refractivity contribution in [2.24, 2.45) is 5.92 Å². The molecule has 2 heterocycles. The molecule has 1 saturated heterocycles. The van der Waals surface area contributed by atoms with Gasteiger partial charge >= 0.3 is 0 Å². The first-order valence-corrected chi connectivity index (χ1v) is 11.6. The summed E-state index contributed by atoms with van der Waals surface area (Å²) in [6.45, 7) is 0.263. The largest absolute Gasteiger partial charge is 0.324 e. The van der Waals surface area contributed by atoms with Crippen LogP contribution in [0.25, 0.3) is 0 Å². The molecule has 186 valence electrons. The number of amides is 1. The van der Waals surface area contributed by atoms with Gasteiger partial charge in [0.05, 0.1) is 22.0 Å². The normalized spacial score (nSPS) is 27.4. The van der Waals surface area contributed by atoms with E-state index in [9.17, 15) is 24.1 Å². The lowest BCUT2D eigenvalue weighted by molar-refractivity contribution is -0.528. The lowest BCUT2D eigenvalue weighted by Gasteiger charge is -2.38. The molecule has 2 aromatic rings. The third-order valence-electron chi connectivity index (χ3n) is 7.15. The first kappa shape index (κ1) is 25.5. The fourth-order valence-electron chi connectivity index (χ4n) is 5.65. The summed E-state index contributed by atoms with van der Waals surface area (Å²) >= 11 is 12.0. The van der Waals surface area contributed by atoms with Crippen LogP contribution in [0.3, 0.4) is 0 Å². The van der Waals surface area contributed by atoms with Gasteiger partial charge < -0.3 is 10.1 Å². The zero-order valence-electron chi connectivity index (χ0n) is 17.6. The summed E-state index contributed by atoms with van der Waals surface area (Å²) in [5.74, 6) is -3.60. The second-order valence-electron chi connectivity index (χ2n) is 8.99. The van der Waals surface area contributed by atoms with Crippen LogP contribution in [0.2, 0.25) is 10.0 Å². The van der Waals surface area contributed by atoms with Gasteiger partial charge in [-0.25, -0.2) is 8.78 Å². The van der Waals surface area contributed by atoms with Crippen molar-refractivity contribution in [2.75, 3.05) is 11.9 Å². The number of nitrogens with zero attached hydrogens (tertiary/aromatic N) is 2. The molecular weight excluding hydrogens is 503 g/mol. The summed E-state index contributed by atoms with van der Waals surface area (Å²) < 4.78 is 30.2. The van der Waals surface area contributed by atoms with E-state index < -0.39 is 46.0 Å². The molecule has 2 aromatic carbocycles. The van der Waals surface area contributed by atoms with Crippen molar-refractivity contribution in [1.82, 2.24) is 4.90 Å². The van der Waals surface area contributed by atoms with Gasteiger partial charge in [-0.15, -0.1) is 0 Å². The monoisotopic (exact) mass is 525 g/mol. The molecule has 0 unspecified atom stereocenters. The molecule has 1 aliphatic carbocycles. The summed E-state index contributed by atoms with van der Waals surface area (Å²) in [7, 11) is 0. The molecule has 4 atom stereocenters. The minimum Gasteiger partial charge on any atom is -0.324 e. The Bertz CT molecular complexity index is 1230. The zero-order chi connectivity index (χ0) is 24.4. The number of nitro groups is 1. The summed E-state index contributed by atoms with van der Waals surface area (Å²) in [6, 6.07) is 3.86. The number of anilines is 1. The minimum absolute atomic E-state index is 0. The number of aldehydes is 1. The third-order valence-corrected chi connectivity index (χ3v) is 7.74. The summed E-state index contributed by atoms with van der Waals surface area (Å²) in [4.78, 5) is 39.0. The van der Waals surface area contributed by atoms with E-state index in [1.165, 1.54) is 24.3 Å². The Kier molecular flexibility index (Phi) is 6.63. The molecule has 5 rings (SSSR count). The van der Waals surface area contributed by atoms with Crippen LogP contribution in [-0.2, 0) is 15.1 Å². The number of carbonyl (C=O) groups is 2. The lowest BCUT2D eigenvalue weighted by Crippen LogP contribution is -2.52. The van der Waals surface area contributed by atoms with E-state index in [1.807, 2.05) is 0 Å². The quantitative estimate of drug-likeness (QED) is 0.319. The predicted molar refractivity (Wildman–Crippen MR) is 127 cm³/mol. The van der Waals surface area contributed by atoms with E-state index in [1.54, 1.807) is 4.90 Å². The fraction of sp³-hybridized carbons (Fsp3) is 0.417. The standard InChI is InChI=1S/C23H19Cl2F2N3O4.CH4/c24-14-3-1-2-12(20(14)27)19-21(30(33)34)18(6-7-31)29(10-11-4-5-11)23(19)13-8-16(26)15(25)9-17(13)28-22(23)32;/h1-3,7-9,11,18-19,21H,4-6,10H2,(H,28,32);1H4/t18-,19-,21+,23+;/m0./s1. The van der Waals surface area contributed by atoms with Crippen molar-refractivity contribution in [3.8, 4) is 0 Å². The Balaban J connectivity index is 0.00000289. The predicted octanol–water partition coefficient (Wildman–Crippen LogP) is 5.17. The average molecular weight is 526 g/mol. The van der Waals surface area contributed by atoms with Crippen molar-refractivity contribution in [1.29, 1.82) is 0 Å². The first-order valence-electron chi connectivity index (χ1n) is 10.8. The van der Waals surface area contributed by atoms with Crippen molar-refractivity contribution >= 4 is 41.1 Å². The van der Waals surface area contributed by atoms with E-state index in [2.05, 4.69) is 5.32 Å². The van der Waals surface area contributed by atoms with Crippen molar-refractivity contribution in [3.63, 3.8) is 0 Å². The molecule has 7 nitrogen and oxygen atoms in total. The summed E-state index contributed by atoms with van der Waals surface area (Å²) in [5, 5.41) is 14.7. The van der Waals surface area contributed by atoms with Crippen LogP contribution in [0.1, 0.15) is 43.7 Å². The maximum atomic E-state index is 15.4. The molecule has 0 aromatic heterocycles. The number of benzene rings is 2. The number of halogens is 4. The molecule has 2 fully saturated rings. The van der Waals surface area contributed by atoms with Gasteiger partial charge in [-0.1, -0.05) is 42.8 Å². The second-order valence-corrected chi connectivity index (χ2v) is 9.81. The molecule has 1 spiro atoms. The smallest absolute Gasteiger partial charge is 0.250 e. The molecule has 0 radical (unpaired) electrons. The third kappa shape index (κ3) is 3.72. The fourth-order valence-corrected chi connectivity index (χ4v) is 5.99. The molecule has 0 bridgehead atoms. The number of nitrogens with one attached hydrogen (secondary N) is 1. The Hall–Kier alpha value is -2.62. The number of rotatable bonds is 6. The Morgan fingerprint density at radius 2 is 1.94 bits per heavy atom. The number of fused-ring (bicyclic) bond motifs is 2. The van der Waals surface area contributed by atoms with Crippen molar-refractivity contribution < 1.29 is 23.3 Å². The molecular formula is C24H23Cl2F2N3O4.